The van der Waals surface area contributed by atoms with Crippen LogP contribution in [0.15, 0.2) is 47.4 Å². The number of carbonyl (C=O) groups is 2. The summed E-state index contributed by atoms with van der Waals surface area (Å²) in [6.07, 6.45) is 4.54. The van der Waals surface area contributed by atoms with Crippen LogP contribution in [-0.4, -0.2) is 39.3 Å². The fourth-order valence-corrected chi connectivity index (χ4v) is 4.70. The van der Waals surface area contributed by atoms with Crippen LogP contribution in [0.5, 0.6) is 11.5 Å². The second-order valence-electron chi connectivity index (χ2n) is 7.67. The number of anilines is 1. The summed E-state index contributed by atoms with van der Waals surface area (Å²) in [5.41, 5.74) is 2.64. The van der Waals surface area contributed by atoms with Crippen LogP contribution in [0.2, 0.25) is 0 Å². The number of unbranched alkanes of at least 4 members (excludes halogenated alkanes) is 2. The van der Waals surface area contributed by atoms with Crippen molar-refractivity contribution in [1.29, 1.82) is 0 Å². The maximum Gasteiger partial charge on any atom is 0.266 e. The first-order chi connectivity index (χ1) is 15.9. The minimum atomic E-state index is -0.117. The van der Waals surface area contributed by atoms with Gasteiger partial charge in [-0.15, -0.1) is 0 Å². The number of benzene rings is 2. The predicted octanol–water partition coefficient (Wildman–Crippen LogP) is 5.50. The Morgan fingerprint density at radius 1 is 1.21 bits per heavy atom. The fourth-order valence-electron chi connectivity index (χ4n) is 3.39. The molecular formula is C25H28N2O4S2. The number of aryl methyl sites for hydroxylation is 1. The van der Waals surface area contributed by atoms with E-state index in [1.807, 2.05) is 38.1 Å². The summed E-state index contributed by atoms with van der Waals surface area (Å²) in [5, 5.41) is 12.8. The lowest BCUT2D eigenvalue weighted by molar-refractivity contribution is -0.122. The van der Waals surface area contributed by atoms with Crippen molar-refractivity contribution in [3.05, 3.63) is 58.5 Å². The highest BCUT2D eigenvalue weighted by Crippen LogP contribution is 2.34. The lowest BCUT2D eigenvalue weighted by atomic mass is 10.1. The van der Waals surface area contributed by atoms with Crippen LogP contribution in [0.3, 0.4) is 0 Å². The molecule has 1 aliphatic rings. The third-order valence-corrected chi connectivity index (χ3v) is 6.54. The Morgan fingerprint density at radius 3 is 2.76 bits per heavy atom. The van der Waals surface area contributed by atoms with Crippen molar-refractivity contribution in [3.8, 4) is 11.5 Å². The summed E-state index contributed by atoms with van der Waals surface area (Å²) in [5.74, 6) is 0.328. The second kappa shape index (κ2) is 11.9. The number of carbonyl (C=O) groups excluding carboxylic acids is 2. The number of ether oxygens (including phenoxy) is 1. The summed E-state index contributed by atoms with van der Waals surface area (Å²) in [4.78, 5) is 27.1. The molecule has 3 rings (SSSR count). The molecule has 0 spiro atoms. The normalized spacial score (nSPS) is 14.7. The number of thiocarbonyl (C=S) groups is 1. The van der Waals surface area contributed by atoms with Crippen LogP contribution in [0.1, 0.15) is 43.7 Å². The van der Waals surface area contributed by atoms with Crippen LogP contribution in [0.4, 0.5) is 5.69 Å². The maximum atomic E-state index is 12.8. The predicted molar refractivity (Wildman–Crippen MR) is 137 cm³/mol. The van der Waals surface area contributed by atoms with Gasteiger partial charge in [0.1, 0.15) is 4.32 Å². The van der Waals surface area contributed by atoms with E-state index in [0.29, 0.717) is 34.5 Å². The van der Waals surface area contributed by atoms with E-state index in [1.165, 1.54) is 11.8 Å². The molecule has 2 aromatic rings. The molecule has 0 atom stereocenters. The molecule has 0 saturated carbocycles. The zero-order valence-electron chi connectivity index (χ0n) is 18.8. The molecule has 0 radical (unpaired) electrons. The summed E-state index contributed by atoms with van der Waals surface area (Å²) >= 11 is 6.67. The van der Waals surface area contributed by atoms with E-state index in [4.69, 9.17) is 17.0 Å². The molecule has 0 unspecified atom stereocenters. The molecule has 2 aromatic carbocycles. The van der Waals surface area contributed by atoms with Gasteiger partial charge in [-0.25, -0.2) is 0 Å². The van der Waals surface area contributed by atoms with Gasteiger partial charge in [-0.05, 0) is 62.1 Å². The van der Waals surface area contributed by atoms with Gasteiger partial charge in [0.25, 0.3) is 5.91 Å². The maximum absolute atomic E-state index is 12.8. The van der Waals surface area contributed by atoms with Gasteiger partial charge < -0.3 is 15.2 Å². The molecule has 1 saturated heterocycles. The lowest BCUT2D eigenvalue weighted by Crippen LogP contribution is -2.29. The highest BCUT2D eigenvalue weighted by atomic mass is 32.2. The van der Waals surface area contributed by atoms with Crippen molar-refractivity contribution in [2.24, 2.45) is 0 Å². The molecule has 174 valence electrons. The Hall–Kier alpha value is -2.84. The average Bonchev–Trinajstić information content (AvgIpc) is 3.04. The van der Waals surface area contributed by atoms with Crippen molar-refractivity contribution in [2.75, 3.05) is 18.5 Å². The summed E-state index contributed by atoms with van der Waals surface area (Å²) < 4.78 is 5.94. The number of aromatic hydroxyl groups is 1. The third kappa shape index (κ3) is 6.82. The number of para-hydroxylation sites is 1. The van der Waals surface area contributed by atoms with Gasteiger partial charge in [-0.3, -0.25) is 14.5 Å². The Morgan fingerprint density at radius 2 is 2.00 bits per heavy atom. The zero-order valence-corrected chi connectivity index (χ0v) is 20.4. The van der Waals surface area contributed by atoms with Crippen LogP contribution in [-0.2, 0) is 9.59 Å². The Balaban J connectivity index is 1.46. The third-order valence-electron chi connectivity index (χ3n) is 5.16. The number of nitrogens with one attached hydrogen (secondary N) is 1. The molecule has 2 amide bonds. The number of hydrogen-bond donors (Lipinski definition) is 2. The quantitative estimate of drug-likeness (QED) is 0.263. The van der Waals surface area contributed by atoms with E-state index < -0.39 is 0 Å². The van der Waals surface area contributed by atoms with Crippen LogP contribution < -0.4 is 10.1 Å². The van der Waals surface area contributed by atoms with Crippen molar-refractivity contribution in [1.82, 2.24) is 4.90 Å². The minimum Gasteiger partial charge on any atom is -0.504 e. The standard InChI is InChI=1S/C25H28N2O4S2/c1-3-31-21-15-18(12-13-20(21)28)16-22-24(30)27(25(32)33-22)14-8-4-5-11-23(29)26-19-10-7-6-9-17(19)2/h6-7,9-10,12-13,15-16,28H,3-5,8,11,14H2,1-2H3,(H,26,29)/b22-16-. The summed E-state index contributed by atoms with van der Waals surface area (Å²) in [6, 6.07) is 12.7. The van der Waals surface area contributed by atoms with E-state index in [2.05, 4.69) is 5.32 Å². The molecule has 0 bridgehead atoms. The van der Waals surface area contributed by atoms with Gasteiger partial charge in [0.2, 0.25) is 5.91 Å². The molecule has 1 aliphatic heterocycles. The molecule has 0 aromatic heterocycles. The molecule has 0 aliphatic carbocycles. The monoisotopic (exact) mass is 484 g/mol. The van der Waals surface area contributed by atoms with Crippen LogP contribution in [0.25, 0.3) is 6.08 Å². The topological polar surface area (TPSA) is 78.9 Å². The van der Waals surface area contributed by atoms with Crippen molar-refractivity contribution < 1.29 is 19.4 Å². The first kappa shape index (κ1) is 24.8. The van der Waals surface area contributed by atoms with Crippen LogP contribution in [0, 0.1) is 6.92 Å². The summed E-state index contributed by atoms with van der Waals surface area (Å²) in [6.45, 7) is 4.77. The van der Waals surface area contributed by atoms with Gasteiger partial charge in [0.15, 0.2) is 11.5 Å². The van der Waals surface area contributed by atoms with Gasteiger partial charge in [0.05, 0.1) is 11.5 Å². The molecular weight excluding hydrogens is 456 g/mol. The second-order valence-corrected chi connectivity index (χ2v) is 9.34. The van der Waals surface area contributed by atoms with E-state index in [0.717, 1.165) is 36.1 Å². The number of phenols is 1. The SMILES string of the molecule is CCOc1cc(/C=C2\SC(=S)N(CCCCCC(=O)Nc3ccccc3C)C2=O)ccc1O. The van der Waals surface area contributed by atoms with E-state index >= 15 is 0 Å². The van der Waals surface area contributed by atoms with Crippen molar-refractivity contribution in [2.45, 2.75) is 39.5 Å². The highest BCUT2D eigenvalue weighted by Gasteiger charge is 2.31. The largest absolute Gasteiger partial charge is 0.504 e. The molecule has 2 N–H and O–H groups in total. The smallest absolute Gasteiger partial charge is 0.266 e. The van der Waals surface area contributed by atoms with Crippen molar-refractivity contribution >= 4 is 51.9 Å². The number of thioether (sulfide) groups is 1. The minimum absolute atomic E-state index is 0.00170. The fraction of sp³-hybridized carbons (Fsp3) is 0.320. The Kier molecular flexibility index (Phi) is 8.91. The van der Waals surface area contributed by atoms with Gasteiger partial charge in [0, 0.05) is 18.7 Å². The molecule has 1 heterocycles. The van der Waals surface area contributed by atoms with Gasteiger partial charge >= 0.3 is 0 Å². The Labute approximate surface area is 204 Å². The number of nitrogens with zero attached hydrogens (tertiary/aromatic N) is 1. The number of hydrogen-bond acceptors (Lipinski definition) is 6. The summed E-state index contributed by atoms with van der Waals surface area (Å²) in [7, 11) is 0. The van der Waals surface area contributed by atoms with Gasteiger partial charge in [-0.1, -0.05) is 54.7 Å². The number of rotatable bonds is 10. The Bertz CT molecular complexity index is 1070. The highest BCUT2D eigenvalue weighted by molar-refractivity contribution is 8.26. The average molecular weight is 485 g/mol. The molecule has 6 nitrogen and oxygen atoms in total. The van der Waals surface area contributed by atoms with Gasteiger partial charge in [-0.2, -0.15) is 0 Å². The molecule has 8 heteroatoms. The van der Waals surface area contributed by atoms with Crippen molar-refractivity contribution in [3.63, 3.8) is 0 Å². The first-order valence-electron chi connectivity index (χ1n) is 11.0. The molecule has 33 heavy (non-hydrogen) atoms. The van der Waals surface area contributed by atoms with Crippen LogP contribution >= 0.6 is 24.0 Å². The van der Waals surface area contributed by atoms with E-state index in [9.17, 15) is 14.7 Å². The van der Waals surface area contributed by atoms with E-state index in [-0.39, 0.29) is 17.6 Å². The van der Waals surface area contributed by atoms with E-state index in [1.54, 1.807) is 29.2 Å². The molecule has 1 fully saturated rings. The first-order valence-corrected chi connectivity index (χ1v) is 12.2. The number of phenolic OH excluding ortho intramolecular Hbond substituents is 1. The lowest BCUT2D eigenvalue weighted by Gasteiger charge is -2.14. The number of amides is 2. The zero-order chi connectivity index (χ0) is 23.8.